The third-order valence-corrected chi connectivity index (χ3v) is 6.24. The summed E-state index contributed by atoms with van der Waals surface area (Å²) in [5, 5.41) is 22.2. The fourth-order valence-corrected chi connectivity index (χ4v) is 4.20. The molecule has 1 amide bonds. The zero-order valence-electron chi connectivity index (χ0n) is 20.3. The van der Waals surface area contributed by atoms with Crippen LogP contribution in [0, 0.1) is 5.92 Å². The average Bonchev–Trinajstić information content (AvgIpc) is 2.89. The molecule has 1 fully saturated rings. The number of hydrogen-bond acceptors (Lipinski definition) is 7. The van der Waals surface area contributed by atoms with Gasteiger partial charge in [-0.2, -0.15) is 0 Å². The van der Waals surface area contributed by atoms with E-state index in [4.69, 9.17) is 26.1 Å². The van der Waals surface area contributed by atoms with Crippen LogP contribution in [-0.4, -0.2) is 60.7 Å². The first-order valence-corrected chi connectivity index (χ1v) is 12.2. The smallest absolute Gasteiger partial charge is 0.170 e. The number of benzene rings is 2. The van der Waals surface area contributed by atoms with Gasteiger partial charge >= 0.3 is 0 Å². The monoisotopic (exact) mass is 496 g/mol. The number of carbonyl (C=O) groups excluding carboxylic acids is 1. The molecule has 36 heavy (non-hydrogen) atoms. The standard InChI is InChI=1S/C26H35N5O5/c27-24(29-26(32)33)20-4-8-22(9-5-20)35-17-1-3-19-12-15-31(16-13-19)14-2-18-36-23-10-6-21(7-11-23)25(28)30-34/h4-11,19,34H,1-3,12-18H2,(H2,27,29)(H2,28,30)(H,32,33)/p-1. The normalized spacial score (nSPS) is 15.6. The first-order valence-electron chi connectivity index (χ1n) is 12.2. The fraction of sp³-hybridized carbons (Fsp3) is 0.423. The van der Waals surface area contributed by atoms with Crippen LogP contribution in [0.3, 0.4) is 0 Å². The first-order chi connectivity index (χ1) is 17.4. The molecule has 1 heterocycles. The summed E-state index contributed by atoms with van der Waals surface area (Å²) in [5.74, 6) is 2.20. The molecule has 0 unspecified atom stereocenters. The highest BCUT2D eigenvalue weighted by Crippen LogP contribution is 2.22. The molecule has 3 rings (SSSR count). The van der Waals surface area contributed by atoms with E-state index in [0.717, 1.165) is 56.3 Å². The van der Waals surface area contributed by atoms with Gasteiger partial charge in [-0.15, -0.1) is 0 Å². The molecule has 0 aliphatic carbocycles. The van der Waals surface area contributed by atoms with Crippen molar-refractivity contribution >= 4 is 17.8 Å². The van der Waals surface area contributed by atoms with Gasteiger partial charge in [0.2, 0.25) is 0 Å². The zero-order chi connectivity index (χ0) is 25.8. The van der Waals surface area contributed by atoms with Crippen molar-refractivity contribution in [3.8, 4) is 11.5 Å². The third kappa shape index (κ3) is 8.77. The van der Waals surface area contributed by atoms with Gasteiger partial charge in [-0.25, -0.2) is 4.99 Å². The molecule has 0 saturated carbocycles. The highest BCUT2D eigenvalue weighted by Gasteiger charge is 2.18. The van der Waals surface area contributed by atoms with Gasteiger partial charge in [-0.05, 0) is 99.6 Å². The molecule has 1 saturated heterocycles. The summed E-state index contributed by atoms with van der Waals surface area (Å²) >= 11 is 0. The molecule has 2 aromatic rings. The molecule has 2 aromatic carbocycles. The Kier molecular flexibility index (Phi) is 10.4. The summed E-state index contributed by atoms with van der Waals surface area (Å²) in [7, 11) is 0. The number of carbonyl (C=O) groups is 1. The highest BCUT2D eigenvalue weighted by molar-refractivity contribution is 6.02. The van der Waals surface area contributed by atoms with Crippen LogP contribution in [0.15, 0.2) is 58.7 Å². The van der Waals surface area contributed by atoms with Crippen molar-refractivity contribution in [2.24, 2.45) is 27.5 Å². The summed E-state index contributed by atoms with van der Waals surface area (Å²) in [6.07, 6.45) is 3.92. The van der Waals surface area contributed by atoms with Crippen LogP contribution in [0.5, 0.6) is 11.5 Å². The maximum absolute atomic E-state index is 10.5. The summed E-state index contributed by atoms with van der Waals surface area (Å²) in [6, 6.07) is 14.1. The minimum Gasteiger partial charge on any atom is -0.528 e. The summed E-state index contributed by atoms with van der Waals surface area (Å²) < 4.78 is 11.6. The van der Waals surface area contributed by atoms with Gasteiger partial charge in [0.1, 0.15) is 17.3 Å². The lowest BCUT2D eigenvalue weighted by molar-refractivity contribution is -0.245. The molecule has 194 valence electrons. The largest absolute Gasteiger partial charge is 0.528 e. The second-order valence-corrected chi connectivity index (χ2v) is 8.77. The van der Waals surface area contributed by atoms with E-state index in [1.807, 2.05) is 12.1 Å². The summed E-state index contributed by atoms with van der Waals surface area (Å²) in [4.78, 5) is 16.2. The zero-order valence-corrected chi connectivity index (χ0v) is 20.3. The Balaban J connectivity index is 1.24. The number of rotatable bonds is 12. The molecule has 1 aliphatic rings. The van der Waals surface area contributed by atoms with E-state index in [1.54, 1.807) is 36.4 Å². The Morgan fingerprint density at radius 2 is 1.44 bits per heavy atom. The van der Waals surface area contributed by atoms with Crippen LogP contribution < -0.4 is 26.0 Å². The van der Waals surface area contributed by atoms with Crippen molar-refractivity contribution in [3.63, 3.8) is 0 Å². The molecule has 0 spiro atoms. The van der Waals surface area contributed by atoms with Crippen LogP contribution in [0.25, 0.3) is 0 Å². The van der Waals surface area contributed by atoms with Crippen LogP contribution in [-0.2, 0) is 0 Å². The van der Waals surface area contributed by atoms with Gasteiger partial charge in [-0.3, -0.25) is 0 Å². The summed E-state index contributed by atoms with van der Waals surface area (Å²) in [6.45, 7) is 4.52. The topological polar surface area (TPSA) is 159 Å². The van der Waals surface area contributed by atoms with Gasteiger partial charge in [0.15, 0.2) is 11.9 Å². The Bertz CT molecular complexity index is 1020. The van der Waals surface area contributed by atoms with Crippen molar-refractivity contribution in [2.75, 3.05) is 32.8 Å². The van der Waals surface area contributed by atoms with E-state index in [2.05, 4.69) is 15.0 Å². The second kappa shape index (κ2) is 13.9. The molecule has 0 aromatic heterocycles. The van der Waals surface area contributed by atoms with E-state index >= 15 is 0 Å². The maximum atomic E-state index is 10.5. The molecular weight excluding hydrogens is 462 g/mol. The lowest BCUT2D eigenvalue weighted by Gasteiger charge is -2.32. The van der Waals surface area contributed by atoms with Gasteiger partial charge in [0.05, 0.1) is 13.2 Å². The Labute approximate surface area is 211 Å². The number of piperidine rings is 1. The molecule has 10 heteroatoms. The lowest BCUT2D eigenvalue weighted by atomic mass is 9.92. The van der Waals surface area contributed by atoms with Crippen LogP contribution in [0.4, 0.5) is 4.79 Å². The van der Waals surface area contributed by atoms with Gasteiger partial charge < -0.3 is 40.9 Å². The number of nitrogens with two attached hydrogens (primary N) is 2. The number of amidine groups is 2. The van der Waals surface area contributed by atoms with Crippen LogP contribution in [0.1, 0.15) is 43.2 Å². The molecular formula is C26H34N5O5-. The first kappa shape index (κ1) is 26.8. The quantitative estimate of drug-likeness (QED) is 0.133. The predicted octanol–water partition coefficient (Wildman–Crippen LogP) is 2.17. The number of likely N-dealkylation sites (tertiary alicyclic amines) is 1. The predicted molar refractivity (Wildman–Crippen MR) is 136 cm³/mol. The number of ether oxygens (including phenoxy) is 2. The van der Waals surface area contributed by atoms with Crippen LogP contribution in [0.2, 0.25) is 0 Å². The minimum absolute atomic E-state index is 0.0820. The van der Waals surface area contributed by atoms with Crippen molar-refractivity contribution < 1.29 is 24.6 Å². The Hall–Kier alpha value is -3.79. The molecule has 1 aliphatic heterocycles. The number of amides is 1. The average molecular weight is 497 g/mol. The van der Waals surface area contributed by atoms with E-state index in [9.17, 15) is 9.90 Å². The van der Waals surface area contributed by atoms with Crippen molar-refractivity contribution in [2.45, 2.75) is 32.1 Å². The fourth-order valence-electron chi connectivity index (χ4n) is 4.20. The molecule has 0 radical (unpaired) electrons. The van der Waals surface area contributed by atoms with Crippen LogP contribution >= 0.6 is 0 Å². The number of hydrogen-bond donors (Lipinski definition) is 3. The van der Waals surface area contributed by atoms with E-state index in [0.29, 0.717) is 24.3 Å². The van der Waals surface area contributed by atoms with Crippen molar-refractivity contribution in [3.05, 3.63) is 59.7 Å². The number of carboxylic acid groups (broad SMARTS) is 1. The van der Waals surface area contributed by atoms with Gasteiger partial charge in [0, 0.05) is 17.7 Å². The summed E-state index contributed by atoms with van der Waals surface area (Å²) in [5.41, 5.74) is 12.3. The minimum atomic E-state index is -1.56. The molecule has 0 atom stereocenters. The Morgan fingerprint density at radius 1 is 0.917 bits per heavy atom. The SMILES string of the molecule is NC(=NO)c1ccc(OCCCN2CCC(CCCOc3ccc(C(N)=NC(=O)[O-])cc3)CC2)cc1. The van der Waals surface area contributed by atoms with Crippen molar-refractivity contribution in [1.82, 2.24) is 4.90 Å². The highest BCUT2D eigenvalue weighted by atomic mass is 16.5. The maximum Gasteiger partial charge on any atom is 0.170 e. The molecule has 10 nitrogen and oxygen atoms in total. The lowest BCUT2D eigenvalue weighted by Crippen LogP contribution is -2.35. The number of aliphatic imine (C=N–C) groups is 1. The second-order valence-electron chi connectivity index (χ2n) is 8.77. The van der Waals surface area contributed by atoms with Gasteiger partial charge in [0.25, 0.3) is 0 Å². The van der Waals surface area contributed by atoms with E-state index < -0.39 is 6.09 Å². The van der Waals surface area contributed by atoms with Gasteiger partial charge in [-0.1, -0.05) is 5.16 Å². The van der Waals surface area contributed by atoms with E-state index in [-0.39, 0.29) is 11.7 Å². The Morgan fingerprint density at radius 3 is 1.97 bits per heavy atom. The van der Waals surface area contributed by atoms with E-state index in [1.165, 1.54) is 12.8 Å². The third-order valence-electron chi connectivity index (χ3n) is 6.24. The van der Waals surface area contributed by atoms with Crippen molar-refractivity contribution in [1.29, 1.82) is 0 Å². The molecule has 5 N–H and O–H groups in total. The number of oxime groups is 1. The molecule has 0 bridgehead atoms. The number of nitrogens with zero attached hydrogens (tertiary/aromatic N) is 3.